The zero-order valence-corrected chi connectivity index (χ0v) is 8.32. The predicted octanol–water partition coefficient (Wildman–Crippen LogP) is 2.75. The van der Waals surface area contributed by atoms with E-state index in [2.05, 4.69) is 18.2 Å². The minimum absolute atomic E-state index is 0.884. The summed E-state index contributed by atoms with van der Waals surface area (Å²) in [5, 5.41) is 0. The van der Waals surface area contributed by atoms with Crippen LogP contribution in [-0.2, 0) is 0 Å². The summed E-state index contributed by atoms with van der Waals surface area (Å²) in [6, 6.07) is 10.9. The van der Waals surface area contributed by atoms with E-state index in [1.165, 1.54) is 5.56 Å². The Labute approximate surface area is 83.7 Å². The molecule has 1 heterocycles. The topological polar surface area (TPSA) is 14.2 Å². The zero-order chi connectivity index (χ0) is 9.97. The van der Waals surface area contributed by atoms with Crippen LogP contribution in [0, 0.1) is 19.9 Å². The molecule has 0 bridgehead atoms. The maximum atomic E-state index is 5.62. The van der Waals surface area contributed by atoms with Crippen LogP contribution in [0.25, 0.3) is 0 Å². The molecule has 0 amide bonds. The molecule has 0 aliphatic heterocycles. The first kappa shape index (κ1) is 8.88. The Bertz CT molecular complexity index is 418. The van der Waals surface area contributed by atoms with Crippen molar-refractivity contribution in [3.05, 3.63) is 53.9 Å². The smallest absolute Gasteiger partial charge is 0.158 e. The molecule has 1 aromatic carbocycles. The molecule has 2 nitrogen and oxygen atoms in total. The molecule has 0 N–H and O–H groups in total. The standard InChI is InChI=1S/C12H12NO/c1-10-5-6-11(2)12(9-10)14-13-7-3-4-8-13/h3,5-9H,1-2H3. The zero-order valence-electron chi connectivity index (χ0n) is 8.32. The van der Waals surface area contributed by atoms with Crippen LogP contribution in [0.1, 0.15) is 11.1 Å². The molecular formula is C12H12NO. The van der Waals surface area contributed by atoms with E-state index in [1.807, 2.05) is 32.2 Å². The van der Waals surface area contributed by atoms with Gasteiger partial charge in [-0.25, -0.2) is 0 Å². The lowest BCUT2D eigenvalue weighted by Gasteiger charge is -2.09. The summed E-state index contributed by atoms with van der Waals surface area (Å²) >= 11 is 0. The summed E-state index contributed by atoms with van der Waals surface area (Å²) in [6.07, 6.45) is 3.57. The molecule has 14 heavy (non-hydrogen) atoms. The quantitative estimate of drug-likeness (QED) is 0.703. The molecule has 0 aliphatic carbocycles. The fraction of sp³-hybridized carbons (Fsp3) is 0.167. The van der Waals surface area contributed by atoms with Gasteiger partial charge in [0.2, 0.25) is 0 Å². The molecule has 2 rings (SSSR count). The van der Waals surface area contributed by atoms with Crippen LogP contribution in [0.5, 0.6) is 5.75 Å². The summed E-state index contributed by atoms with van der Waals surface area (Å²) < 4.78 is 1.64. The third-order valence-corrected chi connectivity index (χ3v) is 2.07. The van der Waals surface area contributed by atoms with E-state index in [1.54, 1.807) is 10.9 Å². The fourth-order valence-electron chi connectivity index (χ4n) is 1.25. The Kier molecular flexibility index (Phi) is 2.27. The monoisotopic (exact) mass is 186 g/mol. The van der Waals surface area contributed by atoms with E-state index in [4.69, 9.17) is 4.84 Å². The first-order valence-electron chi connectivity index (χ1n) is 4.55. The number of aromatic nitrogens is 1. The number of aryl methyl sites for hydroxylation is 2. The van der Waals surface area contributed by atoms with Crippen LogP contribution in [0.4, 0.5) is 0 Å². The van der Waals surface area contributed by atoms with E-state index < -0.39 is 0 Å². The Hall–Kier alpha value is -1.70. The van der Waals surface area contributed by atoms with Crippen LogP contribution in [-0.4, -0.2) is 4.73 Å². The van der Waals surface area contributed by atoms with Gasteiger partial charge in [0, 0.05) is 12.3 Å². The maximum Gasteiger partial charge on any atom is 0.158 e. The van der Waals surface area contributed by atoms with Gasteiger partial charge in [0.05, 0.1) is 6.20 Å². The van der Waals surface area contributed by atoms with E-state index in [0.717, 1.165) is 11.3 Å². The van der Waals surface area contributed by atoms with Crippen LogP contribution in [0.3, 0.4) is 0 Å². The summed E-state index contributed by atoms with van der Waals surface area (Å²) in [7, 11) is 0. The highest BCUT2D eigenvalue weighted by Crippen LogP contribution is 2.19. The van der Waals surface area contributed by atoms with E-state index in [0.29, 0.717) is 0 Å². The van der Waals surface area contributed by atoms with Crippen molar-refractivity contribution in [1.29, 1.82) is 0 Å². The highest BCUT2D eigenvalue weighted by molar-refractivity contribution is 5.35. The van der Waals surface area contributed by atoms with Crippen molar-refractivity contribution in [2.45, 2.75) is 13.8 Å². The number of rotatable bonds is 2. The van der Waals surface area contributed by atoms with Crippen LogP contribution in [0.2, 0.25) is 0 Å². The highest BCUT2D eigenvalue weighted by Gasteiger charge is 2.00. The van der Waals surface area contributed by atoms with Crippen LogP contribution in [0.15, 0.2) is 36.7 Å². The molecule has 0 fully saturated rings. The molecule has 1 radical (unpaired) electrons. The lowest BCUT2D eigenvalue weighted by molar-refractivity contribution is 0.215. The van der Waals surface area contributed by atoms with Gasteiger partial charge < -0.3 is 4.84 Å². The summed E-state index contributed by atoms with van der Waals surface area (Å²) in [6.45, 7) is 4.08. The average Bonchev–Trinajstić information content (AvgIpc) is 2.64. The molecule has 0 saturated heterocycles. The Morgan fingerprint density at radius 1 is 1.29 bits per heavy atom. The number of nitrogens with zero attached hydrogens (tertiary/aromatic N) is 1. The van der Waals surface area contributed by atoms with Crippen molar-refractivity contribution in [2.24, 2.45) is 0 Å². The average molecular weight is 186 g/mol. The van der Waals surface area contributed by atoms with E-state index in [-0.39, 0.29) is 0 Å². The van der Waals surface area contributed by atoms with Gasteiger partial charge in [-0.05, 0) is 37.1 Å². The highest BCUT2D eigenvalue weighted by atomic mass is 16.7. The number of hydrogen-bond donors (Lipinski definition) is 0. The fourth-order valence-corrected chi connectivity index (χ4v) is 1.25. The molecule has 0 aliphatic rings. The summed E-state index contributed by atoms with van der Waals surface area (Å²) in [5.41, 5.74) is 2.33. The first-order chi connectivity index (χ1) is 6.75. The Morgan fingerprint density at radius 3 is 2.86 bits per heavy atom. The molecule has 1 aromatic heterocycles. The third-order valence-electron chi connectivity index (χ3n) is 2.07. The molecule has 0 unspecified atom stereocenters. The molecule has 0 saturated carbocycles. The SMILES string of the molecule is Cc1ccc(C)c(On2c[c]cc2)c1. The van der Waals surface area contributed by atoms with Gasteiger partial charge in [-0.1, -0.05) is 12.1 Å². The molecular weight excluding hydrogens is 174 g/mol. The van der Waals surface area contributed by atoms with Gasteiger partial charge >= 0.3 is 0 Å². The lowest BCUT2D eigenvalue weighted by Crippen LogP contribution is -2.02. The lowest BCUT2D eigenvalue weighted by atomic mass is 10.1. The van der Waals surface area contributed by atoms with Gasteiger partial charge in [0.25, 0.3) is 0 Å². The second-order valence-corrected chi connectivity index (χ2v) is 3.33. The van der Waals surface area contributed by atoms with Crippen LogP contribution < -0.4 is 4.84 Å². The maximum absolute atomic E-state index is 5.62. The molecule has 71 valence electrons. The van der Waals surface area contributed by atoms with Crippen molar-refractivity contribution >= 4 is 0 Å². The van der Waals surface area contributed by atoms with E-state index >= 15 is 0 Å². The van der Waals surface area contributed by atoms with Gasteiger partial charge in [-0.15, -0.1) is 0 Å². The van der Waals surface area contributed by atoms with Crippen molar-refractivity contribution in [1.82, 2.24) is 4.73 Å². The number of hydrogen-bond acceptors (Lipinski definition) is 1. The minimum atomic E-state index is 0.884. The van der Waals surface area contributed by atoms with Crippen molar-refractivity contribution < 1.29 is 4.84 Å². The predicted molar refractivity (Wildman–Crippen MR) is 55.2 cm³/mol. The van der Waals surface area contributed by atoms with Crippen LogP contribution >= 0.6 is 0 Å². The molecule has 2 aromatic rings. The first-order valence-corrected chi connectivity index (χ1v) is 4.55. The minimum Gasteiger partial charge on any atom is -0.376 e. The third kappa shape index (κ3) is 1.79. The van der Waals surface area contributed by atoms with Gasteiger partial charge in [-0.3, -0.25) is 0 Å². The van der Waals surface area contributed by atoms with Gasteiger partial charge in [0.1, 0.15) is 0 Å². The second-order valence-electron chi connectivity index (χ2n) is 3.33. The van der Waals surface area contributed by atoms with Gasteiger partial charge in [0.15, 0.2) is 5.75 Å². The Morgan fingerprint density at radius 2 is 2.14 bits per heavy atom. The summed E-state index contributed by atoms with van der Waals surface area (Å²) in [4.78, 5) is 5.62. The van der Waals surface area contributed by atoms with Crippen molar-refractivity contribution in [3.63, 3.8) is 0 Å². The second kappa shape index (κ2) is 3.58. The Balaban J connectivity index is 2.28. The van der Waals surface area contributed by atoms with Crippen molar-refractivity contribution in [3.8, 4) is 5.75 Å². The molecule has 0 spiro atoms. The normalized spacial score (nSPS) is 10.1. The largest absolute Gasteiger partial charge is 0.376 e. The summed E-state index contributed by atoms with van der Waals surface area (Å²) in [5.74, 6) is 0.884. The number of benzene rings is 1. The van der Waals surface area contributed by atoms with E-state index in [9.17, 15) is 0 Å². The van der Waals surface area contributed by atoms with Crippen molar-refractivity contribution in [2.75, 3.05) is 0 Å². The molecule has 0 atom stereocenters. The van der Waals surface area contributed by atoms with Gasteiger partial charge in [-0.2, -0.15) is 4.73 Å². The molecule has 2 heteroatoms.